The van der Waals surface area contributed by atoms with E-state index in [0.29, 0.717) is 0 Å². The summed E-state index contributed by atoms with van der Waals surface area (Å²) in [6.45, 7) is 0.856. The molecule has 5 nitrogen and oxygen atoms in total. The van der Waals surface area contributed by atoms with Crippen molar-refractivity contribution in [1.82, 2.24) is 9.71 Å². The van der Waals surface area contributed by atoms with E-state index < -0.39 is 0 Å². The molecule has 0 unspecified atom stereocenters. The Morgan fingerprint density at radius 3 is 2.12 bits per heavy atom. The van der Waals surface area contributed by atoms with Crippen LogP contribution in [0.4, 0.5) is 0 Å². The number of benzene rings is 3. The van der Waals surface area contributed by atoms with Gasteiger partial charge in [-0.2, -0.15) is 0 Å². The SMILES string of the molecule is CSNCc1ccc(-c2nc(-c3ccc(C4(N)CCC4)cc3)c(-c3ccccc3)s2)cc1.O.O. The highest BCUT2D eigenvalue weighted by Gasteiger charge is 2.34. The van der Waals surface area contributed by atoms with Gasteiger partial charge in [-0.05, 0) is 42.2 Å². The lowest BCUT2D eigenvalue weighted by Gasteiger charge is -2.38. The first-order chi connectivity index (χ1) is 15.7. The zero-order valence-corrected chi connectivity index (χ0v) is 20.8. The first-order valence-electron chi connectivity index (χ1n) is 11.0. The Labute approximate surface area is 209 Å². The van der Waals surface area contributed by atoms with Gasteiger partial charge in [-0.3, -0.25) is 4.72 Å². The normalized spacial score (nSPS) is 13.9. The first-order valence-corrected chi connectivity index (χ1v) is 13.0. The number of nitrogens with one attached hydrogen (secondary N) is 1. The van der Waals surface area contributed by atoms with E-state index in [1.54, 1.807) is 23.3 Å². The molecule has 1 fully saturated rings. The van der Waals surface area contributed by atoms with Crippen molar-refractivity contribution >= 4 is 23.3 Å². The minimum Gasteiger partial charge on any atom is -0.412 e. The van der Waals surface area contributed by atoms with Crippen LogP contribution in [0.15, 0.2) is 78.9 Å². The third-order valence-corrected chi connectivity index (χ3v) is 7.85. The van der Waals surface area contributed by atoms with Crippen molar-refractivity contribution < 1.29 is 11.0 Å². The molecule has 4 aromatic rings. The molecule has 178 valence electrons. The molecule has 1 aliphatic carbocycles. The summed E-state index contributed by atoms with van der Waals surface area (Å²) in [6, 6.07) is 28.0. The zero-order valence-electron chi connectivity index (χ0n) is 19.2. The summed E-state index contributed by atoms with van der Waals surface area (Å²) in [4.78, 5) is 6.31. The number of rotatable bonds is 7. The van der Waals surface area contributed by atoms with Crippen LogP contribution in [0.5, 0.6) is 0 Å². The van der Waals surface area contributed by atoms with Crippen molar-refractivity contribution in [3.63, 3.8) is 0 Å². The molecule has 0 aliphatic heterocycles. The Hall–Kier alpha value is -2.52. The van der Waals surface area contributed by atoms with Crippen LogP contribution >= 0.6 is 23.3 Å². The summed E-state index contributed by atoms with van der Waals surface area (Å²) in [5.74, 6) is 0. The molecule has 1 aromatic heterocycles. The fourth-order valence-electron chi connectivity index (χ4n) is 4.15. The Morgan fingerprint density at radius 1 is 0.882 bits per heavy atom. The molecule has 7 heteroatoms. The van der Waals surface area contributed by atoms with E-state index in [-0.39, 0.29) is 16.5 Å². The summed E-state index contributed by atoms with van der Waals surface area (Å²) in [5, 5.41) is 1.04. The van der Waals surface area contributed by atoms with Crippen molar-refractivity contribution in [2.45, 2.75) is 31.3 Å². The van der Waals surface area contributed by atoms with Gasteiger partial charge in [0.15, 0.2) is 0 Å². The number of aromatic nitrogens is 1. The molecule has 1 saturated carbocycles. The molecule has 0 atom stereocenters. The van der Waals surface area contributed by atoms with Gasteiger partial charge in [-0.15, -0.1) is 11.3 Å². The number of thiazole rings is 1. The largest absolute Gasteiger partial charge is 0.412 e. The summed E-state index contributed by atoms with van der Waals surface area (Å²) in [5.41, 5.74) is 13.4. The van der Waals surface area contributed by atoms with Crippen molar-refractivity contribution in [2.24, 2.45) is 5.73 Å². The van der Waals surface area contributed by atoms with Gasteiger partial charge in [0.1, 0.15) is 5.01 Å². The van der Waals surface area contributed by atoms with Crippen LogP contribution in [-0.4, -0.2) is 22.2 Å². The van der Waals surface area contributed by atoms with E-state index in [1.807, 2.05) is 6.26 Å². The van der Waals surface area contributed by atoms with Crippen LogP contribution in [0.2, 0.25) is 0 Å². The summed E-state index contributed by atoms with van der Waals surface area (Å²) >= 11 is 3.39. The molecule has 7 N–H and O–H groups in total. The van der Waals surface area contributed by atoms with Gasteiger partial charge in [0.2, 0.25) is 0 Å². The number of hydrogen-bond acceptors (Lipinski definition) is 5. The lowest BCUT2D eigenvalue weighted by molar-refractivity contribution is 0.253. The Kier molecular flexibility index (Phi) is 8.65. The third kappa shape index (κ3) is 5.25. The minimum absolute atomic E-state index is 0. The fraction of sp³-hybridized carbons (Fsp3) is 0.222. The lowest BCUT2D eigenvalue weighted by Crippen LogP contribution is -2.43. The van der Waals surface area contributed by atoms with Crippen molar-refractivity contribution in [3.05, 3.63) is 90.0 Å². The zero-order chi connectivity index (χ0) is 22.0. The Balaban J connectivity index is 0.00000162. The highest BCUT2D eigenvalue weighted by Crippen LogP contribution is 2.42. The maximum Gasteiger partial charge on any atom is 0.124 e. The Morgan fingerprint density at radius 2 is 1.53 bits per heavy atom. The smallest absolute Gasteiger partial charge is 0.124 e. The van der Waals surface area contributed by atoms with Crippen LogP contribution in [0.25, 0.3) is 32.3 Å². The van der Waals surface area contributed by atoms with Gasteiger partial charge in [-0.25, -0.2) is 4.98 Å². The van der Waals surface area contributed by atoms with E-state index in [4.69, 9.17) is 10.7 Å². The molecule has 0 spiro atoms. The molecular formula is C27H31N3O2S2. The standard InChI is InChI=1S/C27H27N3S2.2H2O/c1-31-29-18-19-8-10-22(11-9-19)26-30-24(25(32-26)21-6-3-2-4-7-21)20-12-14-23(15-13-20)27(28)16-5-17-27;;/h2-4,6-15,29H,5,16-18,28H2,1H3;2*1H2. The van der Waals surface area contributed by atoms with E-state index in [2.05, 4.69) is 83.6 Å². The van der Waals surface area contributed by atoms with Crippen LogP contribution < -0.4 is 10.5 Å². The van der Waals surface area contributed by atoms with Crippen LogP contribution in [-0.2, 0) is 12.1 Å². The van der Waals surface area contributed by atoms with Crippen LogP contribution in [0, 0.1) is 0 Å². The second-order valence-electron chi connectivity index (χ2n) is 8.37. The molecule has 34 heavy (non-hydrogen) atoms. The molecule has 0 bridgehead atoms. The summed E-state index contributed by atoms with van der Waals surface area (Å²) in [7, 11) is 0. The van der Waals surface area contributed by atoms with Gasteiger partial charge < -0.3 is 16.7 Å². The molecular weight excluding hydrogens is 462 g/mol. The van der Waals surface area contributed by atoms with Gasteiger partial charge in [0, 0.05) is 23.2 Å². The molecule has 0 saturated heterocycles. The van der Waals surface area contributed by atoms with Crippen molar-refractivity contribution in [3.8, 4) is 32.3 Å². The molecule has 3 aromatic carbocycles. The van der Waals surface area contributed by atoms with Crippen LogP contribution in [0.3, 0.4) is 0 Å². The average molecular weight is 494 g/mol. The maximum atomic E-state index is 6.54. The van der Waals surface area contributed by atoms with Gasteiger partial charge in [0.05, 0.1) is 10.6 Å². The van der Waals surface area contributed by atoms with Crippen molar-refractivity contribution in [1.29, 1.82) is 0 Å². The molecule has 5 rings (SSSR count). The first kappa shape index (κ1) is 26.1. The minimum atomic E-state index is -0.138. The average Bonchev–Trinajstić information content (AvgIpc) is 3.28. The second kappa shape index (κ2) is 11.3. The summed E-state index contributed by atoms with van der Waals surface area (Å²) < 4.78 is 3.30. The Bertz CT molecular complexity index is 1190. The predicted octanol–water partition coefficient (Wildman–Crippen LogP) is 5.20. The third-order valence-electron chi connectivity index (χ3n) is 6.26. The molecule has 0 radical (unpaired) electrons. The molecule has 0 amide bonds. The topological polar surface area (TPSA) is 114 Å². The highest BCUT2D eigenvalue weighted by atomic mass is 32.2. The molecule has 1 aliphatic rings. The fourth-order valence-corrected chi connectivity index (χ4v) is 5.56. The highest BCUT2D eigenvalue weighted by molar-refractivity contribution is 7.96. The lowest BCUT2D eigenvalue weighted by atomic mass is 9.72. The quantitative estimate of drug-likeness (QED) is 0.344. The second-order valence-corrected chi connectivity index (χ2v) is 10.1. The van der Waals surface area contributed by atoms with Crippen LogP contribution in [0.1, 0.15) is 30.4 Å². The van der Waals surface area contributed by atoms with E-state index in [1.165, 1.54) is 28.0 Å². The van der Waals surface area contributed by atoms with Gasteiger partial charge in [0.25, 0.3) is 0 Å². The van der Waals surface area contributed by atoms with Crippen molar-refractivity contribution in [2.75, 3.05) is 6.26 Å². The predicted molar refractivity (Wildman–Crippen MR) is 146 cm³/mol. The van der Waals surface area contributed by atoms with Gasteiger partial charge in [-0.1, -0.05) is 90.8 Å². The monoisotopic (exact) mass is 493 g/mol. The maximum absolute atomic E-state index is 6.54. The van der Waals surface area contributed by atoms with E-state index in [9.17, 15) is 0 Å². The number of nitrogens with two attached hydrogens (primary N) is 1. The van der Waals surface area contributed by atoms with E-state index >= 15 is 0 Å². The number of hydrogen-bond donors (Lipinski definition) is 2. The van der Waals surface area contributed by atoms with Gasteiger partial charge >= 0.3 is 0 Å². The summed E-state index contributed by atoms with van der Waals surface area (Å²) in [6.07, 6.45) is 5.41. The molecule has 1 heterocycles. The van der Waals surface area contributed by atoms with E-state index in [0.717, 1.165) is 41.2 Å². The number of nitrogens with zero attached hydrogens (tertiary/aromatic N) is 1.